The minimum absolute atomic E-state index is 0.0597. The van der Waals surface area contributed by atoms with Crippen LogP contribution in [0, 0.1) is 0 Å². The Morgan fingerprint density at radius 1 is 1.35 bits per heavy atom. The minimum Gasteiger partial charge on any atom is -0.481 e. The molecule has 6 heteroatoms. The molecule has 1 amide bonds. The lowest BCUT2D eigenvalue weighted by atomic mass is 9.91. The average Bonchev–Trinajstić information content (AvgIpc) is 2.45. The first-order valence-electron chi connectivity index (χ1n) is 6.75. The third kappa shape index (κ3) is 2.27. The number of carbonyl (C=O) groups excluding carboxylic acids is 2. The van der Waals surface area contributed by atoms with Crippen molar-refractivity contribution in [3.05, 3.63) is 23.9 Å². The summed E-state index contributed by atoms with van der Waals surface area (Å²) >= 11 is 0. The number of fused-ring (bicyclic) bond motifs is 2. The summed E-state index contributed by atoms with van der Waals surface area (Å²) in [5.74, 6) is 0.546. The van der Waals surface area contributed by atoms with Crippen molar-refractivity contribution in [2.45, 2.75) is 24.9 Å². The zero-order valence-electron chi connectivity index (χ0n) is 11.3. The van der Waals surface area contributed by atoms with Crippen LogP contribution in [0.15, 0.2) is 18.2 Å². The van der Waals surface area contributed by atoms with Crippen LogP contribution in [0.4, 0.5) is 0 Å². The maximum atomic E-state index is 12.7. The molecule has 2 saturated heterocycles. The summed E-state index contributed by atoms with van der Waals surface area (Å²) in [5.41, 5.74) is 0.371. The summed E-state index contributed by atoms with van der Waals surface area (Å²) in [6.45, 7) is 1.33. The van der Waals surface area contributed by atoms with Gasteiger partial charge < -0.3 is 15.0 Å². The first-order chi connectivity index (χ1) is 9.69. The highest BCUT2D eigenvalue weighted by molar-refractivity contribution is 5.95. The van der Waals surface area contributed by atoms with E-state index in [1.807, 2.05) is 4.90 Å². The second-order valence-electron chi connectivity index (χ2n) is 5.19. The van der Waals surface area contributed by atoms with Crippen LogP contribution in [-0.2, 0) is 4.79 Å². The van der Waals surface area contributed by atoms with Crippen molar-refractivity contribution in [1.82, 2.24) is 15.2 Å². The van der Waals surface area contributed by atoms with Crippen LogP contribution in [0.1, 0.15) is 23.3 Å². The van der Waals surface area contributed by atoms with Crippen molar-refractivity contribution in [1.29, 1.82) is 0 Å². The largest absolute Gasteiger partial charge is 0.481 e. The van der Waals surface area contributed by atoms with E-state index in [9.17, 15) is 9.59 Å². The molecule has 1 aromatic rings. The summed E-state index contributed by atoms with van der Waals surface area (Å²) in [6, 6.07) is 5.02. The predicted molar refractivity (Wildman–Crippen MR) is 71.6 cm³/mol. The van der Waals surface area contributed by atoms with Gasteiger partial charge in [0.15, 0.2) is 0 Å². The number of pyridine rings is 1. The molecule has 0 aliphatic carbocycles. The van der Waals surface area contributed by atoms with Gasteiger partial charge in [-0.25, -0.2) is 4.98 Å². The van der Waals surface area contributed by atoms with Crippen molar-refractivity contribution in [3.8, 4) is 5.88 Å². The lowest BCUT2D eigenvalue weighted by molar-refractivity contribution is -0.125. The van der Waals surface area contributed by atoms with E-state index in [0.717, 1.165) is 0 Å². The Balaban J connectivity index is 1.87. The topological polar surface area (TPSA) is 71.5 Å². The Morgan fingerprint density at radius 3 is 2.70 bits per heavy atom. The number of hydrogen-bond donors (Lipinski definition) is 1. The number of ether oxygens (including phenoxy) is 1. The molecule has 0 spiro atoms. The number of Topliss-reactive ketones (excluding diaryl/α,β-unsaturated/α-hetero) is 1. The number of ketones is 1. The standard InChI is InChI=1S/C14H17N3O3/c1-20-13-4-2-3-12(16-13)14(19)17-9-5-11(18)6-10(17)8-15-7-9/h2-4,9-10,15H,5-8H2,1H3. The fraction of sp³-hybridized carbons (Fsp3) is 0.500. The van der Waals surface area contributed by atoms with E-state index in [2.05, 4.69) is 10.3 Å². The van der Waals surface area contributed by atoms with Gasteiger partial charge in [0.2, 0.25) is 5.88 Å². The molecule has 3 rings (SSSR count). The Labute approximate surface area is 117 Å². The summed E-state index contributed by atoms with van der Waals surface area (Å²) in [4.78, 5) is 30.4. The third-order valence-corrected chi connectivity index (χ3v) is 3.86. The maximum Gasteiger partial charge on any atom is 0.273 e. The monoisotopic (exact) mass is 275 g/mol. The number of aromatic nitrogens is 1. The van der Waals surface area contributed by atoms with Gasteiger partial charge >= 0.3 is 0 Å². The van der Waals surface area contributed by atoms with Gasteiger partial charge in [-0.1, -0.05) is 6.07 Å². The Hall–Kier alpha value is -1.95. The Morgan fingerprint density at radius 2 is 2.05 bits per heavy atom. The molecule has 6 nitrogen and oxygen atoms in total. The first-order valence-corrected chi connectivity index (χ1v) is 6.75. The molecule has 2 bridgehead atoms. The van der Waals surface area contributed by atoms with Crippen molar-refractivity contribution in [3.63, 3.8) is 0 Å². The van der Waals surface area contributed by atoms with E-state index < -0.39 is 0 Å². The molecule has 20 heavy (non-hydrogen) atoms. The molecule has 1 N–H and O–H groups in total. The van der Waals surface area contributed by atoms with Crippen molar-refractivity contribution >= 4 is 11.7 Å². The molecule has 2 unspecified atom stereocenters. The van der Waals surface area contributed by atoms with Crippen molar-refractivity contribution < 1.29 is 14.3 Å². The summed E-state index contributed by atoms with van der Waals surface area (Å²) < 4.78 is 5.06. The highest BCUT2D eigenvalue weighted by Gasteiger charge is 2.40. The molecule has 0 aromatic carbocycles. The second-order valence-corrected chi connectivity index (χ2v) is 5.19. The van der Waals surface area contributed by atoms with E-state index in [1.165, 1.54) is 7.11 Å². The fourth-order valence-electron chi connectivity index (χ4n) is 2.97. The molecule has 2 fully saturated rings. The van der Waals surface area contributed by atoms with Gasteiger partial charge in [-0.15, -0.1) is 0 Å². The molecule has 106 valence electrons. The van der Waals surface area contributed by atoms with Gasteiger partial charge in [-0.2, -0.15) is 0 Å². The number of nitrogens with zero attached hydrogens (tertiary/aromatic N) is 2. The molecule has 0 saturated carbocycles. The Bertz CT molecular complexity index is 530. The molecule has 2 atom stereocenters. The van der Waals surface area contributed by atoms with E-state index in [-0.39, 0.29) is 23.8 Å². The zero-order valence-corrected chi connectivity index (χ0v) is 11.3. The number of carbonyl (C=O) groups is 2. The maximum absolute atomic E-state index is 12.7. The number of rotatable bonds is 2. The first kappa shape index (κ1) is 13.1. The normalized spacial score (nSPS) is 25.4. The van der Waals surface area contributed by atoms with Gasteiger partial charge in [0.1, 0.15) is 11.5 Å². The quantitative estimate of drug-likeness (QED) is 0.837. The summed E-state index contributed by atoms with van der Waals surface area (Å²) in [6.07, 6.45) is 0.860. The highest BCUT2D eigenvalue weighted by Crippen LogP contribution is 2.25. The summed E-state index contributed by atoms with van der Waals surface area (Å²) in [7, 11) is 1.52. The van der Waals surface area contributed by atoms with Gasteiger partial charge in [-0.3, -0.25) is 9.59 Å². The third-order valence-electron chi connectivity index (χ3n) is 3.86. The zero-order chi connectivity index (χ0) is 14.1. The van der Waals surface area contributed by atoms with Gasteiger partial charge in [-0.05, 0) is 6.07 Å². The SMILES string of the molecule is COc1cccc(C(=O)N2C3CNCC2CC(=O)C3)n1. The molecule has 3 heterocycles. The Kier molecular flexibility index (Phi) is 3.40. The van der Waals surface area contributed by atoms with E-state index in [1.54, 1.807) is 18.2 Å². The van der Waals surface area contributed by atoms with Crippen molar-refractivity contribution in [2.75, 3.05) is 20.2 Å². The number of nitrogens with one attached hydrogen (secondary N) is 1. The van der Waals surface area contributed by atoms with Crippen molar-refractivity contribution in [2.24, 2.45) is 0 Å². The van der Waals surface area contributed by atoms with E-state index >= 15 is 0 Å². The highest BCUT2D eigenvalue weighted by atomic mass is 16.5. The number of hydrogen-bond acceptors (Lipinski definition) is 5. The van der Waals surface area contributed by atoms with Gasteiger partial charge in [0, 0.05) is 32.0 Å². The molecule has 0 radical (unpaired) electrons. The van der Waals surface area contributed by atoms with Crippen LogP contribution in [-0.4, -0.2) is 53.9 Å². The summed E-state index contributed by atoms with van der Waals surface area (Å²) in [5, 5.41) is 3.27. The van der Waals surface area contributed by atoms with Crippen LogP contribution in [0.25, 0.3) is 0 Å². The van der Waals surface area contributed by atoms with Crippen LogP contribution in [0.2, 0.25) is 0 Å². The number of piperazine rings is 1. The predicted octanol–water partition coefficient (Wildman–Crippen LogP) is 0.236. The fourth-order valence-corrected chi connectivity index (χ4v) is 2.97. The minimum atomic E-state index is -0.118. The van der Waals surface area contributed by atoms with Crippen LogP contribution in [0.3, 0.4) is 0 Å². The van der Waals surface area contributed by atoms with E-state index in [0.29, 0.717) is 37.5 Å². The van der Waals surface area contributed by atoms with Crippen LogP contribution < -0.4 is 10.1 Å². The lowest BCUT2D eigenvalue weighted by Gasteiger charge is -2.45. The van der Waals surface area contributed by atoms with Gasteiger partial charge in [0.25, 0.3) is 5.91 Å². The second kappa shape index (κ2) is 5.20. The molecule has 2 aliphatic rings. The lowest BCUT2D eigenvalue weighted by Crippen LogP contribution is -2.63. The molecular weight excluding hydrogens is 258 g/mol. The number of piperidine rings is 1. The van der Waals surface area contributed by atoms with Crippen LogP contribution >= 0.6 is 0 Å². The number of methoxy groups -OCH3 is 1. The number of amides is 1. The van der Waals surface area contributed by atoms with E-state index in [4.69, 9.17) is 4.74 Å². The molecule has 1 aromatic heterocycles. The van der Waals surface area contributed by atoms with Gasteiger partial charge in [0.05, 0.1) is 19.2 Å². The van der Waals surface area contributed by atoms with Crippen LogP contribution in [0.5, 0.6) is 5.88 Å². The molecule has 2 aliphatic heterocycles. The smallest absolute Gasteiger partial charge is 0.273 e. The molecular formula is C14H17N3O3. The average molecular weight is 275 g/mol.